The van der Waals surface area contributed by atoms with Gasteiger partial charge in [-0.2, -0.15) is 5.10 Å². The highest BCUT2D eigenvalue weighted by Crippen LogP contribution is 2.37. The number of fused-ring (bicyclic) bond motifs is 2. The van der Waals surface area contributed by atoms with Gasteiger partial charge in [0.15, 0.2) is 5.82 Å². The van der Waals surface area contributed by atoms with Crippen molar-refractivity contribution in [3.63, 3.8) is 0 Å². The predicted molar refractivity (Wildman–Crippen MR) is 102 cm³/mol. The van der Waals surface area contributed by atoms with E-state index in [1.165, 1.54) is 6.08 Å². The van der Waals surface area contributed by atoms with Crippen molar-refractivity contribution in [2.24, 2.45) is 0 Å². The number of benzene rings is 2. The number of hydrogen-bond donors (Lipinski definition) is 2. The number of aromatic nitrogens is 2. The van der Waals surface area contributed by atoms with Gasteiger partial charge in [0.25, 0.3) is 5.92 Å². The second kappa shape index (κ2) is 6.81. The number of anilines is 2. The zero-order valence-electron chi connectivity index (χ0n) is 15.1. The van der Waals surface area contributed by atoms with Gasteiger partial charge in [0.1, 0.15) is 12.3 Å². The largest absolute Gasteiger partial charge is 0.382 e. The Morgan fingerprint density at radius 1 is 1.14 bits per heavy atom. The summed E-state index contributed by atoms with van der Waals surface area (Å²) in [6.45, 7) is 0.881. The fourth-order valence-corrected chi connectivity index (χ4v) is 3.26. The maximum absolute atomic E-state index is 14.1. The fourth-order valence-electron chi connectivity index (χ4n) is 3.26. The number of nitrogens with two attached hydrogens (primary N) is 1. The molecule has 8 heteroatoms. The molecule has 3 aromatic rings. The molecule has 0 aliphatic carbocycles. The molecule has 0 atom stereocenters. The molecule has 0 saturated carbocycles. The molecule has 6 nitrogen and oxygen atoms in total. The average molecular weight is 384 g/mol. The number of rotatable bonds is 1. The smallest absolute Gasteiger partial charge is 0.277 e. The number of nitrogens with zero attached hydrogens (tertiary/aromatic N) is 3. The summed E-state index contributed by atoms with van der Waals surface area (Å²) in [6, 6.07) is 12.2. The molecule has 3 N–H and O–H groups in total. The first-order valence-corrected chi connectivity index (χ1v) is 8.68. The molecule has 0 fully saturated rings. The molecule has 1 aromatic heterocycles. The van der Waals surface area contributed by atoms with Crippen LogP contribution in [-0.4, -0.2) is 27.9 Å². The minimum absolute atomic E-state index is 0.274. The number of nitrogen functional groups attached to an aromatic ring is 1. The molecule has 144 valence electrons. The van der Waals surface area contributed by atoms with Crippen molar-refractivity contribution < 1.29 is 18.8 Å². The number of allylic oxidation sites excluding steroid dienone is 1. The lowest BCUT2D eigenvalue weighted by atomic mass is 9.93. The van der Waals surface area contributed by atoms with Gasteiger partial charge >= 0.3 is 0 Å². The molecule has 4 rings (SSSR count). The van der Waals surface area contributed by atoms with Crippen LogP contribution in [0.4, 0.5) is 20.3 Å². The van der Waals surface area contributed by atoms with Crippen molar-refractivity contribution in [3.8, 4) is 0 Å². The van der Waals surface area contributed by atoms with Crippen molar-refractivity contribution in [1.29, 1.82) is 0 Å². The number of para-hydroxylation sites is 1. The maximum atomic E-state index is 14.1. The molecule has 1 aliphatic heterocycles. The van der Waals surface area contributed by atoms with Crippen molar-refractivity contribution in [3.05, 3.63) is 65.4 Å². The van der Waals surface area contributed by atoms with E-state index in [2.05, 4.69) is 10.2 Å². The van der Waals surface area contributed by atoms with Gasteiger partial charge in [-0.05, 0) is 36.3 Å². The van der Waals surface area contributed by atoms with Gasteiger partial charge in [0.2, 0.25) is 0 Å². The Morgan fingerprint density at radius 3 is 2.75 bits per heavy atom. The van der Waals surface area contributed by atoms with Gasteiger partial charge in [-0.15, -0.1) is 10.3 Å². The van der Waals surface area contributed by atoms with E-state index >= 15 is 0 Å². The van der Waals surface area contributed by atoms with E-state index in [-0.39, 0.29) is 5.69 Å². The van der Waals surface area contributed by atoms with Gasteiger partial charge in [0.05, 0.1) is 5.69 Å². The second-order valence-corrected chi connectivity index (χ2v) is 6.67. The molecule has 0 amide bonds. The number of aryl methyl sites for hydroxylation is 1. The van der Waals surface area contributed by atoms with E-state index in [9.17, 15) is 14.0 Å². The Morgan fingerprint density at radius 2 is 1.93 bits per heavy atom. The Kier molecular flexibility index (Phi) is 4.44. The van der Waals surface area contributed by atoms with Gasteiger partial charge in [-0.25, -0.2) is 13.6 Å². The molecule has 0 saturated heterocycles. The Hall–Kier alpha value is -3.10. The lowest BCUT2D eigenvalue weighted by Crippen LogP contribution is -2.29. The number of hydrogen-bond acceptors (Lipinski definition) is 6. The Labute approximate surface area is 159 Å². The highest BCUT2D eigenvalue weighted by atomic mass is 19.3. The third-order valence-electron chi connectivity index (χ3n) is 4.71. The lowest BCUT2D eigenvalue weighted by Gasteiger charge is -2.21. The van der Waals surface area contributed by atoms with Crippen LogP contribution in [0.25, 0.3) is 16.3 Å². The predicted octanol–water partition coefficient (Wildman–Crippen LogP) is 4.12. The first-order valence-electron chi connectivity index (χ1n) is 8.68. The molecule has 2 heterocycles. The van der Waals surface area contributed by atoms with Crippen LogP contribution in [-0.2, 0) is 4.84 Å². The average Bonchev–Trinajstić information content (AvgIpc) is 2.73. The molecule has 28 heavy (non-hydrogen) atoms. The Bertz CT molecular complexity index is 1080. The Balaban J connectivity index is 1.94. The maximum Gasteiger partial charge on any atom is 0.277 e. The van der Waals surface area contributed by atoms with E-state index in [0.717, 1.165) is 10.8 Å². The van der Waals surface area contributed by atoms with Crippen LogP contribution in [0.3, 0.4) is 0 Å². The number of halogens is 2. The highest BCUT2D eigenvalue weighted by Gasteiger charge is 2.32. The second-order valence-electron chi connectivity index (χ2n) is 6.67. The van der Waals surface area contributed by atoms with E-state index in [1.54, 1.807) is 36.4 Å². The van der Waals surface area contributed by atoms with Gasteiger partial charge in [0, 0.05) is 22.8 Å². The van der Waals surface area contributed by atoms with Crippen LogP contribution in [0.15, 0.2) is 48.5 Å². The topological polar surface area (TPSA) is 84.5 Å². The van der Waals surface area contributed by atoms with Crippen LogP contribution in [0, 0.1) is 6.92 Å². The molecule has 1 aliphatic rings. The fraction of sp³-hybridized carbons (Fsp3) is 0.200. The quantitative estimate of drug-likeness (QED) is 0.657. The molecule has 0 radical (unpaired) electrons. The monoisotopic (exact) mass is 384 g/mol. The van der Waals surface area contributed by atoms with Crippen LogP contribution < -0.4 is 11.0 Å². The third-order valence-corrected chi connectivity index (χ3v) is 4.71. The molecule has 2 aromatic carbocycles. The van der Waals surface area contributed by atoms with Gasteiger partial charge in [-0.3, -0.25) is 5.21 Å². The first-order chi connectivity index (χ1) is 13.4. The van der Waals surface area contributed by atoms with E-state index in [4.69, 9.17) is 10.6 Å². The third kappa shape index (κ3) is 3.28. The highest BCUT2D eigenvalue weighted by molar-refractivity contribution is 5.96. The van der Waals surface area contributed by atoms with Crippen LogP contribution in [0.2, 0.25) is 0 Å². The minimum atomic E-state index is -3.13. The van der Waals surface area contributed by atoms with Gasteiger partial charge in [-0.1, -0.05) is 30.3 Å². The summed E-state index contributed by atoms with van der Waals surface area (Å²) in [5.41, 5.74) is 8.67. The zero-order valence-corrected chi connectivity index (χ0v) is 15.1. The minimum Gasteiger partial charge on any atom is -0.382 e. The molecule has 0 spiro atoms. The lowest BCUT2D eigenvalue weighted by molar-refractivity contribution is -0.128. The van der Waals surface area contributed by atoms with Crippen LogP contribution in [0.1, 0.15) is 23.2 Å². The summed E-state index contributed by atoms with van der Waals surface area (Å²) in [4.78, 5) is 4.86. The summed E-state index contributed by atoms with van der Waals surface area (Å²) in [5.74, 6) is -2.82. The molecule has 0 bridgehead atoms. The number of alkyl halides is 2. The van der Waals surface area contributed by atoms with Gasteiger partial charge < -0.3 is 5.73 Å². The van der Waals surface area contributed by atoms with E-state index in [1.807, 2.05) is 13.0 Å². The SMILES string of the molecule is Cc1nnc(N)c2ccc(C3=CCC(F)(F)CON(O)c4ccccc43)cc12. The first kappa shape index (κ1) is 18.3. The van der Waals surface area contributed by atoms with E-state index in [0.29, 0.717) is 33.4 Å². The molecule has 0 unspecified atom stereocenters. The molecular formula is C20H18F2N4O2. The standard InChI is InChI=1S/C20H18F2N4O2/c1-12-17-10-13(6-7-16(17)19(23)25-24-12)14-8-9-20(21,22)11-28-26(27)18-5-3-2-4-15(14)18/h2-8,10,27H,9,11H2,1H3,(H2,23,25). The summed E-state index contributed by atoms with van der Waals surface area (Å²) < 4.78 is 28.3. The van der Waals surface area contributed by atoms with Crippen molar-refractivity contribution in [1.82, 2.24) is 10.2 Å². The van der Waals surface area contributed by atoms with Crippen LogP contribution in [0.5, 0.6) is 0 Å². The summed E-state index contributed by atoms with van der Waals surface area (Å²) in [7, 11) is 0. The van der Waals surface area contributed by atoms with E-state index < -0.39 is 19.0 Å². The van der Waals surface area contributed by atoms with Crippen LogP contribution >= 0.6 is 0 Å². The summed E-state index contributed by atoms with van der Waals surface area (Å²) in [5, 5.41) is 20.0. The van der Waals surface area contributed by atoms with Crippen molar-refractivity contribution >= 4 is 27.9 Å². The van der Waals surface area contributed by atoms with Crippen molar-refractivity contribution in [2.75, 3.05) is 17.6 Å². The summed E-state index contributed by atoms with van der Waals surface area (Å²) in [6.07, 6.45) is 0.939. The van der Waals surface area contributed by atoms with Crippen molar-refractivity contribution in [2.45, 2.75) is 19.3 Å². The zero-order chi connectivity index (χ0) is 19.9. The normalized spacial score (nSPS) is 16.7. The molecular weight excluding hydrogens is 366 g/mol. The summed E-state index contributed by atoms with van der Waals surface area (Å²) >= 11 is 0.